The van der Waals surface area contributed by atoms with E-state index in [2.05, 4.69) is 33.9 Å². The van der Waals surface area contributed by atoms with Crippen LogP contribution in [0.25, 0.3) is 10.8 Å². The number of carbonyl (C=O) groups is 1. The van der Waals surface area contributed by atoms with Gasteiger partial charge in [0.05, 0.1) is 25.0 Å². The highest BCUT2D eigenvalue weighted by Crippen LogP contribution is 2.41. The van der Waals surface area contributed by atoms with Crippen molar-refractivity contribution >= 4 is 35.3 Å². The van der Waals surface area contributed by atoms with E-state index < -0.39 is 42.3 Å². The van der Waals surface area contributed by atoms with E-state index in [1.54, 1.807) is 17.0 Å². The summed E-state index contributed by atoms with van der Waals surface area (Å²) >= 11 is 0. The van der Waals surface area contributed by atoms with E-state index in [0.29, 0.717) is 24.1 Å². The lowest BCUT2D eigenvalue weighted by Gasteiger charge is -2.38. The van der Waals surface area contributed by atoms with Gasteiger partial charge in [-0.05, 0) is 67.2 Å². The van der Waals surface area contributed by atoms with Crippen LogP contribution in [0.3, 0.4) is 0 Å². The molecule has 1 amide bonds. The SMILES string of the molecule is CC(C)(C)OC(=O)N1C[C@H](O[Si](C)(C)C(C)(C)C)C[C@H]1C(O)c1ccc(COS(C)(=O)=O)c2ccccc12. The third-order valence-electron chi connectivity index (χ3n) is 7.36. The Kier molecular flexibility index (Phi) is 8.75. The number of hydrogen-bond donors (Lipinski definition) is 1. The van der Waals surface area contributed by atoms with Crippen molar-refractivity contribution in [1.82, 2.24) is 4.90 Å². The first kappa shape index (κ1) is 30.6. The number of amides is 1. The van der Waals surface area contributed by atoms with Gasteiger partial charge < -0.3 is 14.3 Å². The van der Waals surface area contributed by atoms with E-state index in [-0.39, 0.29) is 17.7 Å². The minimum Gasteiger partial charge on any atom is -0.444 e. The zero-order valence-corrected chi connectivity index (χ0v) is 25.9. The van der Waals surface area contributed by atoms with Crippen LogP contribution >= 0.6 is 0 Å². The molecular weight excluding hydrogens is 522 g/mol. The number of aliphatic hydroxyl groups excluding tert-OH is 1. The molecule has 3 rings (SSSR count). The zero-order valence-electron chi connectivity index (χ0n) is 24.1. The number of nitrogens with zero attached hydrogens (tertiary/aromatic N) is 1. The smallest absolute Gasteiger partial charge is 0.410 e. The third kappa shape index (κ3) is 7.35. The van der Waals surface area contributed by atoms with Crippen LogP contribution in [0.1, 0.15) is 65.2 Å². The highest BCUT2D eigenvalue weighted by Gasteiger charge is 2.46. The Morgan fingerprint density at radius 2 is 1.68 bits per heavy atom. The second kappa shape index (κ2) is 10.9. The summed E-state index contributed by atoms with van der Waals surface area (Å²) in [5.74, 6) is 0. The van der Waals surface area contributed by atoms with Crippen LogP contribution in [0.4, 0.5) is 4.79 Å². The van der Waals surface area contributed by atoms with Crippen molar-refractivity contribution in [3.63, 3.8) is 0 Å². The van der Waals surface area contributed by atoms with E-state index in [9.17, 15) is 18.3 Å². The first-order valence-electron chi connectivity index (χ1n) is 13.0. The molecule has 2 aromatic rings. The van der Waals surface area contributed by atoms with E-state index in [1.807, 2.05) is 45.0 Å². The maximum atomic E-state index is 13.3. The summed E-state index contributed by atoms with van der Waals surface area (Å²) in [6, 6.07) is 10.5. The second-order valence-corrected chi connectivity index (χ2v) is 19.1. The topological polar surface area (TPSA) is 102 Å². The quantitative estimate of drug-likeness (QED) is 0.337. The molecule has 1 saturated heterocycles. The maximum Gasteiger partial charge on any atom is 0.410 e. The van der Waals surface area contributed by atoms with Crippen molar-refractivity contribution in [2.24, 2.45) is 0 Å². The Morgan fingerprint density at radius 3 is 2.24 bits per heavy atom. The molecule has 0 spiro atoms. The molecule has 0 bridgehead atoms. The van der Waals surface area contributed by atoms with Crippen molar-refractivity contribution in [3.8, 4) is 0 Å². The fourth-order valence-corrected chi connectivity index (χ4v) is 6.18. The summed E-state index contributed by atoms with van der Waals surface area (Å²) < 4.78 is 40.5. The molecule has 0 aromatic heterocycles. The van der Waals surface area contributed by atoms with Crippen LogP contribution in [0.5, 0.6) is 0 Å². The third-order valence-corrected chi connectivity index (χ3v) is 12.4. The summed E-state index contributed by atoms with van der Waals surface area (Å²) in [7, 11) is -5.74. The van der Waals surface area contributed by atoms with Crippen LogP contribution in [0.2, 0.25) is 18.1 Å². The minimum absolute atomic E-state index is 0.000520. The molecule has 0 radical (unpaired) electrons. The number of hydrogen-bond acceptors (Lipinski definition) is 7. The molecule has 38 heavy (non-hydrogen) atoms. The largest absolute Gasteiger partial charge is 0.444 e. The van der Waals surface area contributed by atoms with E-state index >= 15 is 0 Å². The van der Waals surface area contributed by atoms with Crippen LogP contribution < -0.4 is 0 Å². The summed E-state index contributed by atoms with van der Waals surface area (Å²) in [6.45, 7) is 16.6. The van der Waals surface area contributed by atoms with Gasteiger partial charge in [0, 0.05) is 6.54 Å². The van der Waals surface area contributed by atoms with Crippen molar-refractivity contribution < 1.29 is 31.7 Å². The Hall–Kier alpha value is -1.98. The van der Waals surface area contributed by atoms with Gasteiger partial charge in [-0.15, -0.1) is 0 Å². The van der Waals surface area contributed by atoms with Gasteiger partial charge in [-0.1, -0.05) is 57.2 Å². The Labute approximate surface area is 228 Å². The van der Waals surface area contributed by atoms with Crippen molar-refractivity contribution in [2.75, 3.05) is 12.8 Å². The number of carbonyl (C=O) groups excluding carboxylic acids is 1. The molecule has 212 valence electrons. The fourth-order valence-electron chi connectivity index (χ4n) is 4.48. The molecule has 2 aromatic carbocycles. The lowest BCUT2D eigenvalue weighted by molar-refractivity contribution is 0.00465. The van der Waals surface area contributed by atoms with Crippen LogP contribution in [-0.2, 0) is 30.1 Å². The average Bonchev–Trinajstić information content (AvgIpc) is 3.18. The van der Waals surface area contributed by atoms with Crippen LogP contribution in [0.15, 0.2) is 36.4 Å². The average molecular weight is 566 g/mol. The lowest BCUT2D eigenvalue weighted by atomic mass is 9.92. The Balaban J connectivity index is 1.98. The van der Waals surface area contributed by atoms with E-state index in [4.69, 9.17) is 13.3 Å². The monoisotopic (exact) mass is 565 g/mol. The predicted molar refractivity (Wildman–Crippen MR) is 152 cm³/mol. The minimum atomic E-state index is -3.61. The number of benzene rings is 2. The van der Waals surface area contributed by atoms with Crippen molar-refractivity contribution in [2.45, 2.75) is 96.6 Å². The molecule has 1 aliphatic heterocycles. The van der Waals surface area contributed by atoms with Gasteiger partial charge in [-0.2, -0.15) is 8.42 Å². The lowest BCUT2D eigenvalue weighted by Crippen LogP contribution is -2.45. The molecule has 0 saturated carbocycles. The number of ether oxygens (including phenoxy) is 1. The van der Waals surface area contributed by atoms with Gasteiger partial charge >= 0.3 is 6.09 Å². The predicted octanol–water partition coefficient (Wildman–Crippen LogP) is 5.75. The van der Waals surface area contributed by atoms with Crippen LogP contribution in [-0.4, -0.2) is 63.4 Å². The molecule has 1 heterocycles. The zero-order chi connectivity index (χ0) is 28.7. The van der Waals surface area contributed by atoms with E-state index in [0.717, 1.165) is 17.0 Å². The van der Waals surface area contributed by atoms with Crippen molar-refractivity contribution in [1.29, 1.82) is 0 Å². The molecule has 1 N–H and O–H groups in total. The number of likely N-dealkylation sites (tertiary alicyclic amines) is 1. The van der Waals surface area contributed by atoms with E-state index in [1.165, 1.54) is 0 Å². The molecule has 8 nitrogen and oxygen atoms in total. The Bertz CT molecular complexity index is 1260. The van der Waals surface area contributed by atoms with Gasteiger partial charge in [0.15, 0.2) is 8.32 Å². The molecule has 0 aliphatic carbocycles. The molecule has 1 unspecified atom stereocenters. The fraction of sp³-hybridized carbons (Fsp3) is 0.607. The molecule has 3 atom stereocenters. The molecule has 10 heteroatoms. The maximum absolute atomic E-state index is 13.3. The first-order chi connectivity index (χ1) is 17.3. The Morgan fingerprint density at radius 1 is 1.08 bits per heavy atom. The normalized spacial score (nSPS) is 20.1. The number of aliphatic hydroxyl groups is 1. The van der Waals surface area contributed by atoms with Crippen molar-refractivity contribution in [3.05, 3.63) is 47.5 Å². The van der Waals surface area contributed by atoms with Gasteiger partial charge in [-0.25, -0.2) is 4.79 Å². The summed E-state index contributed by atoms with van der Waals surface area (Å²) in [6.07, 6.45) is -0.228. The number of rotatable bonds is 7. The summed E-state index contributed by atoms with van der Waals surface area (Å²) in [5.41, 5.74) is 0.658. The number of fused-ring (bicyclic) bond motifs is 1. The van der Waals surface area contributed by atoms with Gasteiger partial charge in [0.2, 0.25) is 0 Å². The highest BCUT2D eigenvalue weighted by molar-refractivity contribution is 7.85. The second-order valence-electron chi connectivity index (χ2n) is 12.7. The molecule has 1 aliphatic rings. The standard InChI is InChI=1S/C28H43NO7SSi/c1-27(2,3)35-26(31)29-17-20(36-38(8,9)28(4,5)6)16-24(29)25(30)23-15-14-19(18-34-37(7,32)33)21-12-10-11-13-22(21)23/h10-15,20,24-25,30H,16-18H2,1-9H3/t20-,24+,25?/m1/s1. The highest BCUT2D eigenvalue weighted by atomic mass is 32.2. The summed E-state index contributed by atoms with van der Waals surface area (Å²) in [5, 5.41) is 13.3. The first-order valence-corrected chi connectivity index (χ1v) is 17.7. The van der Waals surface area contributed by atoms with Gasteiger partial charge in [0.25, 0.3) is 10.1 Å². The van der Waals surface area contributed by atoms with Gasteiger partial charge in [-0.3, -0.25) is 9.08 Å². The summed E-state index contributed by atoms with van der Waals surface area (Å²) in [4.78, 5) is 14.9. The molecule has 1 fully saturated rings. The molecular formula is C28H43NO7SSi. The van der Waals surface area contributed by atoms with Crippen LogP contribution in [0, 0.1) is 0 Å². The van der Waals surface area contributed by atoms with Gasteiger partial charge in [0.1, 0.15) is 11.7 Å².